The van der Waals surface area contributed by atoms with Crippen molar-refractivity contribution in [3.63, 3.8) is 0 Å². The van der Waals surface area contributed by atoms with Gasteiger partial charge in [0.2, 0.25) is 5.91 Å². The maximum atomic E-state index is 13.7. The number of imide groups is 1. The van der Waals surface area contributed by atoms with Gasteiger partial charge in [0.25, 0.3) is 5.91 Å². The van der Waals surface area contributed by atoms with Gasteiger partial charge in [0, 0.05) is 5.02 Å². The number of benzene rings is 4. The third-order valence-corrected chi connectivity index (χ3v) is 6.97. The molecule has 0 saturated carbocycles. The van der Waals surface area contributed by atoms with Gasteiger partial charge in [-0.3, -0.25) is 14.4 Å². The molecule has 2 amide bonds. The number of hydrogen-bond donors (Lipinski definition) is 0. The molecule has 0 radical (unpaired) electrons. The Balaban J connectivity index is 1.33. The van der Waals surface area contributed by atoms with Gasteiger partial charge in [-0.2, -0.15) is 0 Å². The fraction of sp³-hybridized carbons (Fsp3) is 0.100. The minimum Gasteiger partial charge on any atom is -0.423 e. The molecule has 4 aromatic carbocycles. The van der Waals surface area contributed by atoms with Gasteiger partial charge in [0.05, 0.1) is 23.0 Å². The lowest BCUT2D eigenvalue weighted by Gasteiger charge is -2.29. The highest BCUT2D eigenvalue weighted by Crippen LogP contribution is 2.48. The second kappa shape index (κ2) is 9.98. The van der Waals surface area contributed by atoms with Crippen LogP contribution in [0.15, 0.2) is 103 Å². The molecule has 39 heavy (non-hydrogen) atoms. The van der Waals surface area contributed by atoms with Gasteiger partial charge >= 0.3 is 5.97 Å². The number of amides is 2. The standard InChI is InChI=1S/C30H20ClFN2O5/c31-20-8-12-23(13-9-20)34-26(18-6-16-24(17-7-18)38-30(37)19-4-2-1-3-5-19)25-27(39-34)29(36)33(28(25)35)22-14-10-21(32)11-15-22/h1-17,25-27H/t25-,26-,27-/m1/s1. The van der Waals surface area contributed by atoms with Crippen molar-refractivity contribution in [2.75, 3.05) is 9.96 Å². The number of esters is 1. The molecule has 2 fully saturated rings. The molecule has 0 aliphatic carbocycles. The first-order valence-electron chi connectivity index (χ1n) is 12.1. The Bertz CT molecular complexity index is 1550. The number of hydrogen-bond acceptors (Lipinski definition) is 6. The Morgan fingerprint density at radius 2 is 1.44 bits per heavy atom. The summed E-state index contributed by atoms with van der Waals surface area (Å²) in [7, 11) is 0. The summed E-state index contributed by atoms with van der Waals surface area (Å²) in [4.78, 5) is 46.7. The lowest BCUT2D eigenvalue weighted by atomic mass is 9.90. The molecule has 7 nitrogen and oxygen atoms in total. The van der Waals surface area contributed by atoms with Crippen LogP contribution in [0.1, 0.15) is 22.0 Å². The molecular formula is C30H20ClFN2O5. The highest BCUT2D eigenvalue weighted by Gasteiger charge is 2.60. The normalized spacial score (nSPS) is 20.3. The maximum Gasteiger partial charge on any atom is 0.343 e. The van der Waals surface area contributed by atoms with Crippen molar-refractivity contribution in [2.45, 2.75) is 12.1 Å². The van der Waals surface area contributed by atoms with E-state index in [4.69, 9.17) is 21.2 Å². The highest BCUT2D eigenvalue weighted by atomic mass is 35.5. The second-order valence-electron chi connectivity index (χ2n) is 9.11. The van der Waals surface area contributed by atoms with Gasteiger partial charge in [-0.1, -0.05) is 41.9 Å². The first-order chi connectivity index (χ1) is 18.9. The Morgan fingerprint density at radius 1 is 0.795 bits per heavy atom. The monoisotopic (exact) mass is 542 g/mol. The van der Waals surface area contributed by atoms with E-state index in [2.05, 4.69) is 0 Å². The van der Waals surface area contributed by atoms with Crippen molar-refractivity contribution in [2.24, 2.45) is 5.92 Å². The molecule has 3 atom stereocenters. The Kier molecular flexibility index (Phi) is 6.34. The smallest absolute Gasteiger partial charge is 0.343 e. The van der Waals surface area contributed by atoms with Gasteiger partial charge in [-0.05, 0) is 78.4 Å². The largest absolute Gasteiger partial charge is 0.423 e. The van der Waals surface area contributed by atoms with Crippen molar-refractivity contribution in [3.05, 3.63) is 125 Å². The van der Waals surface area contributed by atoms with Gasteiger partial charge < -0.3 is 4.74 Å². The third kappa shape index (κ3) is 4.54. The van der Waals surface area contributed by atoms with Crippen LogP contribution in [0, 0.1) is 11.7 Å². The number of anilines is 2. The summed E-state index contributed by atoms with van der Waals surface area (Å²) < 4.78 is 19.0. The molecule has 0 bridgehead atoms. The molecule has 2 aliphatic rings. The van der Waals surface area contributed by atoms with Crippen LogP contribution < -0.4 is 14.7 Å². The number of halogens is 2. The molecule has 2 heterocycles. The van der Waals surface area contributed by atoms with Crippen LogP contribution in [0.3, 0.4) is 0 Å². The summed E-state index contributed by atoms with van der Waals surface area (Å²) >= 11 is 6.07. The zero-order chi connectivity index (χ0) is 27.1. The number of carbonyl (C=O) groups excluding carboxylic acids is 3. The Hall–Kier alpha value is -4.53. The van der Waals surface area contributed by atoms with E-state index in [1.165, 1.54) is 29.3 Å². The summed E-state index contributed by atoms with van der Waals surface area (Å²) in [5.41, 5.74) is 1.95. The van der Waals surface area contributed by atoms with Crippen LogP contribution in [-0.4, -0.2) is 23.9 Å². The fourth-order valence-corrected chi connectivity index (χ4v) is 5.01. The van der Waals surface area contributed by atoms with Crippen molar-refractivity contribution >= 4 is 40.8 Å². The molecule has 0 N–H and O–H groups in total. The fourth-order valence-electron chi connectivity index (χ4n) is 4.88. The summed E-state index contributed by atoms with van der Waals surface area (Å²) in [6.07, 6.45) is -1.08. The third-order valence-electron chi connectivity index (χ3n) is 6.72. The minimum absolute atomic E-state index is 0.268. The summed E-state index contributed by atoms with van der Waals surface area (Å²) in [6.45, 7) is 0. The van der Waals surface area contributed by atoms with Crippen molar-refractivity contribution in [3.8, 4) is 5.75 Å². The van der Waals surface area contributed by atoms with Crippen LogP contribution in [0.2, 0.25) is 5.02 Å². The molecule has 0 unspecified atom stereocenters. The average molecular weight is 543 g/mol. The quantitative estimate of drug-likeness (QED) is 0.182. The van der Waals surface area contributed by atoms with E-state index in [1.807, 2.05) is 0 Å². The summed E-state index contributed by atoms with van der Waals surface area (Å²) in [5.74, 6) is -2.53. The van der Waals surface area contributed by atoms with E-state index in [-0.39, 0.29) is 5.69 Å². The number of carbonyl (C=O) groups is 3. The van der Waals surface area contributed by atoms with Crippen LogP contribution >= 0.6 is 11.6 Å². The number of fused-ring (bicyclic) bond motifs is 1. The van der Waals surface area contributed by atoms with Gasteiger partial charge in [-0.25, -0.2) is 19.1 Å². The predicted octanol–water partition coefficient (Wildman–Crippen LogP) is 5.75. The molecular weight excluding hydrogens is 523 g/mol. The maximum absolute atomic E-state index is 13.7. The molecule has 2 aliphatic heterocycles. The van der Waals surface area contributed by atoms with E-state index in [0.717, 1.165) is 4.90 Å². The lowest BCUT2D eigenvalue weighted by molar-refractivity contribution is -0.126. The van der Waals surface area contributed by atoms with Gasteiger partial charge in [0.15, 0.2) is 6.10 Å². The molecule has 194 valence electrons. The first-order valence-corrected chi connectivity index (χ1v) is 12.5. The van der Waals surface area contributed by atoms with E-state index in [9.17, 15) is 18.8 Å². The van der Waals surface area contributed by atoms with Gasteiger partial charge in [-0.15, -0.1) is 0 Å². The zero-order valence-corrected chi connectivity index (χ0v) is 21.0. The topological polar surface area (TPSA) is 76.2 Å². The lowest BCUT2D eigenvalue weighted by Crippen LogP contribution is -2.37. The van der Waals surface area contributed by atoms with E-state index in [1.54, 1.807) is 78.9 Å². The second-order valence-corrected chi connectivity index (χ2v) is 9.55. The Labute approximate surface area is 227 Å². The van der Waals surface area contributed by atoms with Crippen LogP contribution in [0.4, 0.5) is 15.8 Å². The van der Waals surface area contributed by atoms with Crippen molar-refractivity contribution < 1.29 is 28.3 Å². The van der Waals surface area contributed by atoms with E-state index >= 15 is 0 Å². The molecule has 6 rings (SSSR count). The average Bonchev–Trinajstić information content (AvgIpc) is 3.46. The number of rotatable bonds is 5. The number of ether oxygens (including phenoxy) is 1. The molecule has 0 spiro atoms. The zero-order valence-electron chi connectivity index (χ0n) is 20.2. The van der Waals surface area contributed by atoms with E-state index in [0.29, 0.717) is 27.6 Å². The highest BCUT2D eigenvalue weighted by molar-refractivity contribution is 6.30. The Morgan fingerprint density at radius 3 is 2.10 bits per heavy atom. The predicted molar refractivity (Wildman–Crippen MR) is 142 cm³/mol. The minimum atomic E-state index is -1.08. The first kappa shape index (κ1) is 24.8. The SMILES string of the molecule is O=C(Oc1ccc([C@@H]2[C@H]3C(=O)N(c4ccc(F)cc4)C(=O)[C@@H]3ON2c2ccc(Cl)cc2)cc1)c1ccccc1. The summed E-state index contributed by atoms with van der Waals surface area (Å²) in [6, 6.07) is 26.6. The van der Waals surface area contributed by atoms with Crippen LogP contribution in [0.5, 0.6) is 5.75 Å². The van der Waals surface area contributed by atoms with Crippen molar-refractivity contribution in [1.29, 1.82) is 0 Å². The number of nitrogens with zero attached hydrogens (tertiary/aromatic N) is 2. The van der Waals surface area contributed by atoms with Crippen LogP contribution in [0.25, 0.3) is 0 Å². The molecule has 2 saturated heterocycles. The van der Waals surface area contributed by atoms with Gasteiger partial charge in [0.1, 0.15) is 17.5 Å². The molecule has 9 heteroatoms. The molecule has 0 aromatic heterocycles. The molecule has 4 aromatic rings. The van der Waals surface area contributed by atoms with E-state index < -0.39 is 41.7 Å². The van der Waals surface area contributed by atoms with Crippen LogP contribution in [-0.2, 0) is 14.4 Å². The number of hydroxylamine groups is 1. The van der Waals surface area contributed by atoms with Crippen molar-refractivity contribution in [1.82, 2.24) is 0 Å². The summed E-state index contributed by atoms with van der Waals surface area (Å²) in [5, 5.41) is 2.06.